The van der Waals surface area contributed by atoms with Crippen molar-refractivity contribution in [3.05, 3.63) is 35.9 Å². The maximum absolute atomic E-state index is 9.67. The molecular formula is C16H22N2O. The monoisotopic (exact) mass is 258 g/mol. The van der Waals surface area contributed by atoms with Crippen LogP contribution < -0.4 is 0 Å². The van der Waals surface area contributed by atoms with E-state index in [0.717, 1.165) is 51.3 Å². The quantitative estimate of drug-likeness (QED) is 0.814. The molecule has 0 spiro atoms. The van der Waals surface area contributed by atoms with E-state index in [-0.39, 0.29) is 5.41 Å². The van der Waals surface area contributed by atoms with Crippen molar-refractivity contribution >= 4 is 0 Å². The van der Waals surface area contributed by atoms with E-state index in [9.17, 15) is 5.26 Å². The molecule has 0 aromatic heterocycles. The minimum absolute atomic E-state index is 0.348. The fourth-order valence-electron chi connectivity index (χ4n) is 2.66. The summed E-state index contributed by atoms with van der Waals surface area (Å²) in [5.41, 5.74) is 0.799. The minimum Gasteiger partial charge on any atom is -0.379 e. The Kier molecular flexibility index (Phi) is 4.95. The van der Waals surface area contributed by atoms with Gasteiger partial charge in [-0.3, -0.25) is 4.90 Å². The van der Waals surface area contributed by atoms with E-state index in [4.69, 9.17) is 4.74 Å². The Balaban J connectivity index is 2.05. The summed E-state index contributed by atoms with van der Waals surface area (Å²) in [5, 5.41) is 9.67. The molecule has 1 aromatic rings. The van der Waals surface area contributed by atoms with E-state index in [1.165, 1.54) is 0 Å². The smallest absolute Gasteiger partial charge is 0.0831 e. The highest BCUT2D eigenvalue weighted by Gasteiger charge is 2.30. The second-order valence-corrected chi connectivity index (χ2v) is 5.12. The molecule has 0 N–H and O–H groups in total. The van der Waals surface area contributed by atoms with Gasteiger partial charge >= 0.3 is 0 Å². The maximum Gasteiger partial charge on any atom is 0.0831 e. The molecule has 1 saturated heterocycles. The summed E-state index contributed by atoms with van der Waals surface area (Å²) in [6, 6.07) is 12.8. The highest BCUT2D eigenvalue weighted by Crippen LogP contribution is 2.31. The SMILES string of the molecule is CC[C@](C#N)(CCN1CCOCC1)c1ccccc1. The van der Waals surface area contributed by atoms with Crippen molar-refractivity contribution in [1.82, 2.24) is 4.90 Å². The molecule has 3 heteroatoms. The molecular weight excluding hydrogens is 236 g/mol. The third-order valence-electron chi connectivity index (χ3n) is 4.10. The molecule has 19 heavy (non-hydrogen) atoms. The molecule has 0 aliphatic carbocycles. The summed E-state index contributed by atoms with van der Waals surface area (Å²) in [6.07, 6.45) is 1.75. The summed E-state index contributed by atoms with van der Waals surface area (Å²) in [4.78, 5) is 2.40. The third-order valence-corrected chi connectivity index (χ3v) is 4.10. The lowest BCUT2D eigenvalue weighted by Crippen LogP contribution is -2.39. The van der Waals surface area contributed by atoms with Gasteiger partial charge in [0.25, 0.3) is 0 Å². The molecule has 2 rings (SSSR count). The van der Waals surface area contributed by atoms with Gasteiger partial charge in [0, 0.05) is 19.6 Å². The first-order valence-corrected chi connectivity index (χ1v) is 7.07. The van der Waals surface area contributed by atoms with Crippen LogP contribution >= 0.6 is 0 Å². The van der Waals surface area contributed by atoms with Crippen LogP contribution in [0.5, 0.6) is 0 Å². The predicted octanol–water partition coefficient (Wildman–Crippen LogP) is 2.58. The molecule has 0 amide bonds. The molecule has 0 unspecified atom stereocenters. The van der Waals surface area contributed by atoms with Crippen LogP contribution in [0.15, 0.2) is 30.3 Å². The molecule has 0 bridgehead atoms. The largest absolute Gasteiger partial charge is 0.379 e. The van der Waals surface area contributed by atoms with Gasteiger partial charge in [-0.05, 0) is 18.4 Å². The van der Waals surface area contributed by atoms with Gasteiger partial charge in [-0.1, -0.05) is 37.3 Å². The van der Waals surface area contributed by atoms with Gasteiger partial charge in [0.2, 0.25) is 0 Å². The Morgan fingerprint density at radius 2 is 1.95 bits per heavy atom. The van der Waals surface area contributed by atoms with Crippen molar-refractivity contribution in [2.45, 2.75) is 25.2 Å². The first kappa shape index (κ1) is 14.0. The Labute approximate surface area is 115 Å². The number of morpholine rings is 1. The number of nitriles is 1. The van der Waals surface area contributed by atoms with E-state index in [1.54, 1.807) is 0 Å². The van der Waals surface area contributed by atoms with Crippen LogP contribution in [-0.2, 0) is 10.2 Å². The summed E-state index contributed by atoms with van der Waals surface area (Å²) < 4.78 is 5.36. The van der Waals surface area contributed by atoms with E-state index >= 15 is 0 Å². The maximum atomic E-state index is 9.67. The lowest BCUT2D eigenvalue weighted by Gasteiger charge is -2.31. The lowest BCUT2D eigenvalue weighted by atomic mass is 9.76. The van der Waals surface area contributed by atoms with Crippen LogP contribution in [0.2, 0.25) is 0 Å². The van der Waals surface area contributed by atoms with Crippen LogP contribution in [0, 0.1) is 11.3 Å². The first-order valence-electron chi connectivity index (χ1n) is 7.07. The molecule has 1 atom stereocenters. The second-order valence-electron chi connectivity index (χ2n) is 5.12. The molecule has 1 heterocycles. The van der Waals surface area contributed by atoms with Crippen LogP contribution in [0.25, 0.3) is 0 Å². The Morgan fingerprint density at radius 1 is 1.26 bits per heavy atom. The molecule has 1 aliphatic rings. The predicted molar refractivity (Wildman–Crippen MR) is 75.9 cm³/mol. The van der Waals surface area contributed by atoms with E-state index in [0.29, 0.717) is 0 Å². The zero-order chi connectivity index (χ0) is 13.6. The molecule has 1 aliphatic heterocycles. The Bertz CT molecular complexity index is 420. The second kappa shape index (κ2) is 6.70. The number of hydrogen-bond acceptors (Lipinski definition) is 3. The van der Waals surface area contributed by atoms with Crippen molar-refractivity contribution in [3.8, 4) is 6.07 Å². The van der Waals surface area contributed by atoms with Gasteiger partial charge in [0.1, 0.15) is 0 Å². The highest BCUT2D eigenvalue weighted by molar-refractivity contribution is 5.32. The van der Waals surface area contributed by atoms with Gasteiger partial charge in [-0.2, -0.15) is 5.26 Å². The number of hydrogen-bond donors (Lipinski definition) is 0. The molecule has 102 valence electrons. The standard InChI is InChI=1S/C16H22N2O/c1-2-16(14-17,15-6-4-3-5-7-15)8-9-18-10-12-19-13-11-18/h3-7H,2,8-13H2,1H3/t16-/m1/s1. The lowest BCUT2D eigenvalue weighted by molar-refractivity contribution is 0.0353. The summed E-state index contributed by atoms with van der Waals surface area (Å²) in [5.74, 6) is 0. The normalized spacial score (nSPS) is 19.6. The topological polar surface area (TPSA) is 36.3 Å². The van der Waals surface area contributed by atoms with E-state index in [2.05, 4.69) is 30.0 Å². The molecule has 1 aromatic carbocycles. The summed E-state index contributed by atoms with van der Waals surface area (Å²) in [6.45, 7) is 6.68. The van der Waals surface area contributed by atoms with Crippen LogP contribution in [0.4, 0.5) is 0 Å². The molecule has 1 fully saturated rings. The number of ether oxygens (including phenoxy) is 1. The van der Waals surface area contributed by atoms with Crippen molar-refractivity contribution < 1.29 is 4.74 Å². The minimum atomic E-state index is -0.348. The van der Waals surface area contributed by atoms with Gasteiger partial charge in [-0.15, -0.1) is 0 Å². The van der Waals surface area contributed by atoms with Gasteiger partial charge < -0.3 is 4.74 Å². The first-order chi connectivity index (χ1) is 9.30. The van der Waals surface area contributed by atoms with E-state index < -0.39 is 0 Å². The van der Waals surface area contributed by atoms with Crippen LogP contribution in [-0.4, -0.2) is 37.7 Å². The van der Waals surface area contributed by atoms with Gasteiger partial charge in [-0.25, -0.2) is 0 Å². The zero-order valence-corrected chi connectivity index (χ0v) is 11.6. The Hall–Kier alpha value is -1.37. The average Bonchev–Trinajstić information content (AvgIpc) is 2.51. The Morgan fingerprint density at radius 3 is 2.53 bits per heavy atom. The summed E-state index contributed by atoms with van der Waals surface area (Å²) >= 11 is 0. The van der Waals surface area contributed by atoms with E-state index in [1.807, 2.05) is 18.2 Å². The number of benzene rings is 1. The van der Waals surface area contributed by atoms with Gasteiger partial charge in [0.05, 0.1) is 24.7 Å². The summed E-state index contributed by atoms with van der Waals surface area (Å²) in [7, 11) is 0. The molecule has 0 saturated carbocycles. The zero-order valence-electron chi connectivity index (χ0n) is 11.6. The van der Waals surface area contributed by atoms with Crippen molar-refractivity contribution in [2.24, 2.45) is 0 Å². The number of nitrogens with zero attached hydrogens (tertiary/aromatic N) is 2. The molecule has 0 radical (unpaired) electrons. The van der Waals surface area contributed by atoms with Crippen LogP contribution in [0.1, 0.15) is 25.3 Å². The average molecular weight is 258 g/mol. The van der Waals surface area contributed by atoms with Crippen molar-refractivity contribution in [3.63, 3.8) is 0 Å². The fourth-order valence-corrected chi connectivity index (χ4v) is 2.66. The van der Waals surface area contributed by atoms with Crippen LogP contribution in [0.3, 0.4) is 0 Å². The fraction of sp³-hybridized carbons (Fsp3) is 0.562. The van der Waals surface area contributed by atoms with Crippen molar-refractivity contribution in [2.75, 3.05) is 32.8 Å². The number of rotatable bonds is 5. The highest BCUT2D eigenvalue weighted by atomic mass is 16.5. The van der Waals surface area contributed by atoms with Gasteiger partial charge in [0.15, 0.2) is 0 Å². The molecule has 3 nitrogen and oxygen atoms in total. The van der Waals surface area contributed by atoms with Crippen molar-refractivity contribution in [1.29, 1.82) is 5.26 Å². The third kappa shape index (κ3) is 3.34.